The van der Waals surface area contributed by atoms with Crippen LogP contribution >= 0.6 is 0 Å². The quantitative estimate of drug-likeness (QED) is 0.808. The summed E-state index contributed by atoms with van der Waals surface area (Å²) in [5.74, 6) is -0.865. The molecule has 1 aliphatic rings. The van der Waals surface area contributed by atoms with E-state index in [0.29, 0.717) is 12.6 Å². The Labute approximate surface area is 115 Å². The minimum absolute atomic E-state index is 0.00449. The fourth-order valence-corrected chi connectivity index (χ4v) is 2.38. The number of aliphatic carboxylic acids is 1. The van der Waals surface area contributed by atoms with Gasteiger partial charge in [0.2, 0.25) is 0 Å². The Morgan fingerprint density at radius 2 is 2.00 bits per heavy atom. The van der Waals surface area contributed by atoms with Gasteiger partial charge in [-0.05, 0) is 20.4 Å². The second kappa shape index (κ2) is 7.33. The Morgan fingerprint density at radius 1 is 1.32 bits per heavy atom. The van der Waals surface area contributed by atoms with Crippen LogP contribution in [0.1, 0.15) is 26.7 Å². The van der Waals surface area contributed by atoms with Crippen molar-refractivity contribution in [2.45, 2.75) is 32.7 Å². The van der Waals surface area contributed by atoms with Crippen LogP contribution in [0.15, 0.2) is 0 Å². The van der Waals surface area contributed by atoms with Crippen LogP contribution in [0.4, 0.5) is 4.79 Å². The molecule has 19 heavy (non-hydrogen) atoms. The minimum Gasteiger partial charge on any atom is -0.481 e. The number of carbonyl (C=O) groups is 2. The average Bonchev–Trinajstić information content (AvgIpc) is 2.39. The van der Waals surface area contributed by atoms with E-state index in [1.165, 1.54) is 0 Å². The maximum Gasteiger partial charge on any atom is 0.320 e. The van der Waals surface area contributed by atoms with Gasteiger partial charge in [-0.25, -0.2) is 4.79 Å². The van der Waals surface area contributed by atoms with Gasteiger partial charge in [0.1, 0.15) is 0 Å². The van der Waals surface area contributed by atoms with E-state index in [2.05, 4.69) is 18.9 Å². The summed E-state index contributed by atoms with van der Waals surface area (Å²) in [6, 6.07) is 0.367. The van der Waals surface area contributed by atoms with Crippen molar-refractivity contribution in [1.29, 1.82) is 0 Å². The summed E-state index contributed by atoms with van der Waals surface area (Å²) in [7, 11) is 2.08. The second-order valence-electron chi connectivity index (χ2n) is 4.99. The third-order valence-electron chi connectivity index (χ3n) is 3.77. The van der Waals surface area contributed by atoms with Crippen molar-refractivity contribution in [2.75, 3.05) is 39.8 Å². The molecular formula is C13H25N3O3. The van der Waals surface area contributed by atoms with Gasteiger partial charge in [-0.3, -0.25) is 9.69 Å². The number of amides is 2. The molecular weight excluding hydrogens is 246 g/mol. The van der Waals surface area contributed by atoms with Crippen LogP contribution < -0.4 is 0 Å². The highest BCUT2D eigenvalue weighted by Crippen LogP contribution is 2.12. The van der Waals surface area contributed by atoms with E-state index in [4.69, 9.17) is 5.11 Å². The number of piperazine rings is 1. The van der Waals surface area contributed by atoms with Gasteiger partial charge in [-0.1, -0.05) is 6.92 Å². The molecule has 1 fully saturated rings. The molecule has 6 heteroatoms. The average molecular weight is 271 g/mol. The number of carboxylic acids is 1. The molecule has 2 amide bonds. The van der Waals surface area contributed by atoms with Crippen LogP contribution in [0.3, 0.4) is 0 Å². The summed E-state index contributed by atoms with van der Waals surface area (Å²) in [4.78, 5) is 28.7. The van der Waals surface area contributed by atoms with E-state index >= 15 is 0 Å². The lowest BCUT2D eigenvalue weighted by Gasteiger charge is -2.40. The van der Waals surface area contributed by atoms with Gasteiger partial charge in [0.15, 0.2) is 0 Å². The zero-order chi connectivity index (χ0) is 14.4. The van der Waals surface area contributed by atoms with Gasteiger partial charge in [0.25, 0.3) is 0 Å². The molecule has 1 rings (SSSR count). The van der Waals surface area contributed by atoms with Crippen molar-refractivity contribution in [3.8, 4) is 0 Å². The van der Waals surface area contributed by atoms with E-state index in [0.717, 1.165) is 26.1 Å². The zero-order valence-corrected chi connectivity index (χ0v) is 12.1. The van der Waals surface area contributed by atoms with Gasteiger partial charge < -0.3 is 14.9 Å². The lowest BCUT2D eigenvalue weighted by Crippen LogP contribution is -2.56. The Balaban J connectivity index is 2.57. The van der Waals surface area contributed by atoms with Gasteiger partial charge in [0.05, 0.1) is 6.42 Å². The largest absolute Gasteiger partial charge is 0.481 e. The van der Waals surface area contributed by atoms with Crippen LogP contribution in [0, 0.1) is 0 Å². The van der Waals surface area contributed by atoms with Crippen LogP contribution in [0.5, 0.6) is 0 Å². The van der Waals surface area contributed by atoms with Crippen molar-refractivity contribution >= 4 is 12.0 Å². The number of carboxylic acid groups (broad SMARTS) is 1. The van der Waals surface area contributed by atoms with Crippen molar-refractivity contribution in [1.82, 2.24) is 14.7 Å². The molecule has 0 aliphatic carbocycles. The molecule has 1 saturated heterocycles. The molecule has 0 aromatic heterocycles. The molecule has 0 aromatic rings. The molecule has 0 saturated carbocycles. The number of nitrogens with zero attached hydrogens (tertiary/aromatic N) is 3. The summed E-state index contributed by atoms with van der Waals surface area (Å²) >= 11 is 0. The Kier molecular flexibility index (Phi) is 6.08. The Hall–Kier alpha value is -1.30. The molecule has 1 unspecified atom stereocenters. The predicted octanol–water partition coefficient (Wildman–Crippen LogP) is 0.929. The van der Waals surface area contributed by atoms with E-state index in [-0.39, 0.29) is 19.0 Å². The first kappa shape index (κ1) is 15.8. The van der Waals surface area contributed by atoms with Crippen molar-refractivity contribution < 1.29 is 14.7 Å². The summed E-state index contributed by atoms with van der Waals surface area (Å²) < 4.78 is 0. The molecule has 110 valence electrons. The summed E-state index contributed by atoms with van der Waals surface area (Å²) in [5, 5.41) is 8.71. The van der Waals surface area contributed by atoms with E-state index in [1.807, 2.05) is 11.8 Å². The number of likely N-dealkylation sites (N-methyl/N-ethyl adjacent to an activating group) is 1. The number of hydrogen-bond acceptors (Lipinski definition) is 3. The number of urea groups is 1. The van der Waals surface area contributed by atoms with Gasteiger partial charge in [-0.2, -0.15) is 0 Å². The number of rotatable bonds is 5. The summed E-state index contributed by atoms with van der Waals surface area (Å²) in [5.41, 5.74) is 0. The first-order valence-electron chi connectivity index (χ1n) is 6.95. The summed E-state index contributed by atoms with van der Waals surface area (Å²) in [6.45, 7) is 7.17. The summed E-state index contributed by atoms with van der Waals surface area (Å²) in [6.07, 6.45) is 1.02. The third kappa shape index (κ3) is 4.38. The Bertz CT molecular complexity index is 322. The maximum absolute atomic E-state index is 12.4. The second-order valence-corrected chi connectivity index (χ2v) is 4.99. The fourth-order valence-electron chi connectivity index (χ4n) is 2.38. The van der Waals surface area contributed by atoms with Crippen LogP contribution in [-0.4, -0.2) is 77.6 Å². The first-order valence-corrected chi connectivity index (χ1v) is 6.95. The molecule has 0 spiro atoms. The molecule has 0 aromatic carbocycles. The zero-order valence-electron chi connectivity index (χ0n) is 12.1. The van der Waals surface area contributed by atoms with Crippen molar-refractivity contribution in [2.24, 2.45) is 0 Å². The molecule has 1 aliphatic heterocycles. The smallest absolute Gasteiger partial charge is 0.320 e. The predicted molar refractivity (Wildman–Crippen MR) is 73.2 cm³/mol. The van der Waals surface area contributed by atoms with Gasteiger partial charge in [-0.15, -0.1) is 0 Å². The minimum atomic E-state index is -0.865. The van der Waals surface area contributed by atoms with Crippen LogP contribution in [0.25, 0.3) is 0 Å². The standard InChI is InChI=1S/C13H25N3O3/c1-4-11-10-16(9-8-14(11)3)13(19)15(5-2)7-6-12(17)18/h11H,4-10H2,1-3H3,(H,17,18). The van der Waals surface area contributed by atoms with E-state index < -0.39 is 5.97 Å². The molecule has 6 nitrogen and oxygen atoms in total. The highest BCUT2D eigenvalue weighted by molar-refractivity contribution is 5.75. The molecule has 1 atom stereocenters. The van der Waals surface area contributed by atoms with Gasteiger partial charge >= 0.3 is 12.0 Å². The van der Waals surface area contributed by atoms with Crippen LogP contribution in [0.2, 0.25) is 0 Å². The number of hydrogen-bond donors (Lipinski definition) is 1. The Morgan fingerprint density at radius 3 is 2.53 bits per heavy atom. The monoisotopic (exact) mass is 271 g/mol. The van der Waals surface area contributed by atoms with Gasteiger partial charge in [0, 0.05) is 38.8 Å². The highest BCUT2D eigenvalue weighted by Gasteiger charge is 2.28. The molecule has 0 radical (unpaired) electrons. The van der Waals surface area contributed by atoms with E-state index in [1.54, 1.807) is 4.90 Å². The molecule has 0 bridgehead atoms. The normalized spacial score (nSPS) is 20.4. The number of carbonyl (C=O) groups excluding carboxylic acids is 1. The SMILES string of the molecule is CCC1CN(C(=O)N(CC)CCC(=O)O)CCN1C. The van der Waals surface area contributed by atoms with Crippen molar-refractivity contribution in [3.05, 3.63) is 0 Å². The molecule has 1 N–H and O–H groups in total. The molecule has 1 heterocycles. The lowest BCUT2D eigenvalue weighted by molar-refractivity contribution is -0.137. The third-order valence-corrected chi connectivity index (χ3v) is 3.77. The topological polar surface area (TPSA) is 64.1 Å². The lowest BCUT2D eigenvalue weighted by atomic mass is 10.1. The van der Waals surface area contributed by atoms with Crippen molar-refractivity contribution in [3.63, 3.8) is 0 Å². The van der Waals surface area contributed by atoms with E-state index in [9.17, 15) is 9.59 Å². The first-order chi connectivity index (χ1) is 8.99. The fraction of sp³-hybridized carbons (Fsp3) is 0.846. The maximum atomic E-state index is 12.4. The highest BCUT2D eigenvalue weighted by atomic mass is 16.4. The van der Waals surface area contributed by atoms with Crippen LogP contribution in [-0.2, 0) is 4.79 Å².